The molecule has 0 saturated heterocycles. The molecule has 2 aromatic rings. The van der Waals surface area contributed by atoms with Gasteiger partial charge < -0.3 is 4.74 Å². The van der Waals surface area contributed by atoms with Gasteiger partial charge in [0.05, 0.1) is 23.2 Å². The second-order valence-corrected chi connectivity index (χ2v) is 4.54. The van der Waals surface area contributed by atoms with Gasteiger partial charge in [-0.05, 0) is 13.0 Å². The molecule has 19 heavy (non-hydrogen) atoms. The van der Waals surface area contributed by atoms with Crippen molar-refractivity contribution in [2.75, 3.05) is 7.11 Å². The van der Waals surface area contributed by atoms with E-state index in [1.54, 1.807) is 12.1 Å². The maximum Gasteiger partial charge on any atom is 0.134 e. The molecule has 0 fully saturated rings. The van der Waals surface area contributed by atoms with Crippen molar-refractivity contribution in [3.8, 4) is 11.8 Å². The number of carbonyl (C=O) groups is 1. The summed E-state index contributed by atoms with van der Waals surface area (Å²) < 4.78 is 5.25. The number of hydrogen-bond acceptors (Lipinski definition) is 4. The van der Waals surface area contributed by atoms with E-state index in [4.69, 9.17) is 21.6 Å². The molecule has 1 heterocycles. The highest BCUT2D eigenvalue weighted by Crippen LogP contribution is 2.31. The normalized spacial score (nSPS) is 10.2. The van der Waals surface area contributed by atoms with Gasteiger partial charge >= 0.3 is 0 Å². The van der Waals surface area contributed by atoms with Crippen LogP contribution in [0.1, 0.15) is 18.1 Å². The highest BCUT2D eigenvalue weighted by atomic mass is 35.5. The van der Waals surface area contributed by atoms with E-state index in [1.165, 1.54) is 20.2 Å². The number of aromatic nitrogens is 1. The maximum atomic E-state index is 11.3. The van der Waals surface area contributed by atoms with Gasteiger partial charge in [-0.3, -0.25) is 9.78 Å². The van der Waals surface area contributed by atoms with Gasteiger partial charge in [-0.1, -0.05) is 11.6 Å². The van der Waals surface area contributed by atoms with Gasteiger partial charge in [0.25, 0.3) is 0 Å². The Bertz CT molecular complexity index is 705. The van der Waals surface area contributed by atoms with Gasteiger partial charge in [-0.25, -0.2) is 0 Å². The number of rotatable bonds is 3. The number of fused-ring (bicyclic) bond motifs is 1. The Morgan fingerprint density at radius 3 is 2.84 bits per heavy atom. The molecule has 1 aromatic carbocycles. The van der Waals surface area contributed by atoms with Crippen LogP contribution < -0.4 is 4.74 Å². The number of nitrogens with zero attached hydrogens (tertiary/aromatic N) is 2. The lowest BCUT2D eigenvalue weighted by molar-refractivity contribution is -0.116. The molecule has 1 aromatic heterocycles. The minimum atomic E-state index is 0.0261. The smallest absolute Gasteiger partial charge is 0.134 e. The Morgan fingerprint density at radius 2 is 2.26 bits per heavy atom. The summed E-state index contributed by atoms with van der Waals surface area (Å²) >= 11 is 6.16. The number of methoxy groups -OCH3 is 1. The van der Waals surface area contributed by atoms with Crippen LogP contribution in [0, 0.1) is 11.3 Å². The van der Waals surface area contributed by atoms with E-state index in [-0.39, 0.29) is 12.2 Å². The summed E-state index contributed by atoms with van der Waals surface area (Å²) in [5, 5.41) is 9.94. The second-order valence-electron chi connectivity index (χ2n) is 4.16. The molecule has 0 atom stereocenters. The predicted octanol–water partition coefficient (Wildman–Crippen LogP) is 2.90. The van der Waals surface area contributed by atoms with Crippen molar-refractivity contribution >= 4 is 28.3 Å². The van der Waals surface area contributed by atoms with Crippen LogP contribution in [0.2, 0.25) is 5.02 Å². The summed E-state index contributed by atoms with van der Waals surface area (Å²) in [4.78, 5) is 15.4. The van der Waals surface area contributed by atoms with Crippen molar-refractivity contribution < 1.29 is 9.53 Å². The molecule has 0 radical (unpaired) electrons. The van der Waals surface area contributed by atoms with Crippen molar-refractivity contribution in [2.24, 2.45) is 0 Å². The first-order valence-electron chi connectivity index (χ1n) is 5.61. The average Bonchev–Trinajstić information content (AvgIpc) is 2.38. The van der Waals surface area contributed by atoms with Crippen LogP contribution in [0.15, 0.2) is 18.3 Å². The number of pyridine rings is 1. The van der Waals surface area contributed by atoms with E-state index in [1.807, 2.05) is 6.07 Å². The summed E-state index contributed by atoms with van der Waals surface area (Å²) in [7, 11) is 1.54. The van der Waals surface area contributed by atoms with Gasteiger partial charge in [0.2, 0.25) is 0 Å². The molecular weight excluding hydrogens is 264 g/mol. The number of ketones is 1. The fourth-order valence-electron chi connectivity index (χ4n) is 1.91. The summed E-state index contributed by atoms with van der Waals surface area (Å²) in [5.74, 6) is 0.620. The molecule has 0 spiro atoms. The molecule has 0 amide bonds. The number of carbonyl (C=O) groups excluding carboxylic acids is 1. The van der Waals surface area contributed by atoms with Crippen LogP contribution in [-0.2, 0) is 11.2 Å². The van der Waals surface area contributed by atoms with Crippen molar-refractivity contribution in [2.45, 2.75) is 13.3 Å². The first-order chi connectivity index (χ1) is 9.06. The molecule has 0 unspecified atom stereocenters. The Labute approximate surface area is 115 Å². The summed E-state index contributed by atoms with van der Waals surface area (Å²) in [6.07, 6.45) is 1.68. The van der Waals surface area contributed by atoms with Crippen molar-refractivity contribution in [3.05, 3.63) is 34.5 Å². The van der Waals surface area contributed by atoms with E-state index >= 15 is 0 Å². The van der Waals surface area contributed by atoms with E-state index in [9.17, 15) is 4.79 Å². The van der Waals surface area contributed by atoms with Crippen molar-refractivity contribution in [1.29, 1.82) is 5.26 Å². The molecule has 0 bridgehead atoms. The third-order valence-electron chi connectivity index (χ3n) is 2.76. The number of halogens is 1. The molecule has 0 aliphatic rings. The lowest BCUT2D eigenvalue weighted by atomic mass is 10.0. The fourth-order valence-corrected chi connectivity index (χ4v) is 2.15. The zero-order chi connectivity index (χ0) is 14.0. The summed E-state index contributed by atoms with van der Waals surface area (Å²) in [6.45, 7) is 1.51. The van der Waals surface area contributed by atoms with Gasteiger partial charge in [-0.15, -0.1) is 0 Å². The van der Waals surface area contributed by atoms with Crippen LogP contribution in [0.25, 0.3) is 10.9 Å². The molecule has 96 valence electrons. The predicted molar refractivity (Wildman–Crippen MR) is 72.4 cm³/mol. The lowest BCUT2D eigenvalue weighted by Gasteiger charge is -2.10. The minimum absolute atomic E-state index is 0.0261. The number of Topliss-reactive ketones (excluding diaryl/α,β-unsaturated/α-hetero) is 1. The van der Waals surface area contributed by atoms with Crippen LogP contribution in [0.3, 0.4) is 0 Å². The van der Waals surface area contributed by atoms with E-state index < -0.39 is 0 Å². The third kappa shape index (κ3) is 2.51. The largest absolute Gasteiger partial charge is 0.496 e. The van der Waals surface area contributed by atoms with Crippen molar-refractivity contribution in [3.63, 3.8) is 0 Å². The van der Waals surface area contributed by atoms with E-state index in [0.29, 0.717) is 27.2 Å². The Kier molecular flexibility index (Phi) is 3.68. The SMILES string of the molecule is COc1cc2ncc(C#N)c(Cl)c2cc1CC(C)=O. The van der Waals surface area contributed by atoms with Gasteiger partial charge in [-0.2, -0.15) is 5.26 Å². The highest BCUT2D eigenvalue weighted by Gasteiger charge is 2.12. The zero-order valence-corrected chi connectivity index (χ0v) is 11.3. The topological polar surface area (TPSA) is 63.0 Å². The second kappa shape index (κ2) is 5.25. The van der Waals surface area contributed by atoms with E-state index in [2.05, 4.69) is 4.98 Å². The zero-order valence-electron chi connectivity index (χ0n) is 10.5. The molecule has 5 heteroatoms. The average molecular weight is 275 g/mol. The number of hydrogen-bond donors (Lipinski definition) is 0. The Morgan fingerprint density at radius 1 is 1.53 bits per heavy atom. The summed E-state index contributed by atoms with van der Waals surface area (Å²) in [5.41, 5.74) is 1.68. The number of nitriles is 1. The third-order valence-corrected chi connectivity index (χ3v) is 3.17. The van der Waals surface area contributed by atoms with Gasteiger partial charge in [0, 0.05) is 29.6 Å². The van der Waals surface area contributed by atoms with Gasteiger partial charge in [0.1, 0.15) is 17.6 Å². The Hall–Kier alpha value is -2.12. The van der Waals surface area contributed by atoms with Crippen LogP contribution in [0.4, 0.5) is 0 Å². The molecule has 0 saturated carbocycles. The molecule has 0 aliphatic heterocycles. The molecular formula is C14H11ClN2O2. The van der Waals surface area contributed by atoms with Gasteiger partial charge in [0.15, 0.2) is 0 Å². The van der Waals surface area contributed by atoms with Crippen LogP contribution in [0.5, 0.6) is 5.75 Å². The molecule has 0 aliphatic carbocycles. The number of ether oxygens (including phenoxy) is 1. The molecule has 4 nitrogen and oxygen atoms in total. The van der Waals surface area contributed by atoms with E-state index in [0.717, 1.165) is 5.56 Å². The lowest BCUT2D eigenvalue weighted by Crippen LogP contribution is -2.00. The minimum Gasteiger partial charge on any atom is -0.496 e. The molecule has 2 rings (SSSR count). The fraction of sp³-hybridized carbons (Fsp3) is 0.214. The number of benzene rings is 1. The van der Waals surface area contributed by atoms with Crippen molar-refractivity contribution in [1.82, 2.24) is 4.98 Å². The monoisotopic (exact) mass is 274 g/mol. The van der Waals surface area contributed by atoms with Crippen LogP contribution in [-0.4, -0.2) is 17.9 Å². The summed E-state index contributed by atoms with van der Waals surface area (Å²) in [6, 6.07) is 5.46. The maximum absolute atomic E-state index is 11.3. The quantitative estimate of drug-likeness (QED) is 0.863. The Balaban J connectivity index is 2.72. The first-order valence-corrected chi connectivity index (χ1v) is 5.99. The van der Waals surface area contributed by atoms with Crippen LogP contribution >= 0.6 is 11.6 Å². The standard InChI is InChI=1S/C14H11ClN2O2/c1-8(18)3-9-4-11-12(5-13(9)19-2)17-7-10(6-16)14(11)15/h4-5,7H,3H2,1-2H3. The molecule has 0 N–H and O–H groups in total. The highest BCUT2D eigenvalue weighted by molar-refractivity contribution is 6.36. The first kappa shape index (κ1) is 13.3.